The molecule has 8 heteroatoms. The molecule has 0 bridgehead atoms. The van der Waals surface area contributed by atoms with Gasteiger partial charge in [0.1, 0.15) is 5.44 Å². The van der Waals surface area contributed by atoms with E-state index < -0.39 is 23.7 Å². The monoisotopic (exact) mass is 418 g/mol. The van der Waals surface area contributed by atoms with Crippen LogP contribution in [0.3, 0.4) is 0 Å². The third-order valence-electron chi connectivity index (χ3n) is 3.48. The summed E-state index contributed by atoms with van der Waals surface area (Å²) in [5, 5.41) is 31.7. The molecule has 5 atom stereocenters. The smallest absolute Gasteiger partial charge is 0.152 e. The second-order valence-corrected chi connectivity index (χ2v) is 6.66. The van der Waals surface area contributed by atoms with Crippen molar-refractivity contribution in [2.75, 3.05) is 19.4 Å². The van der Waals surface area contributed by atoms with Crippen LogP contribution in [-0.2, 0) is 30.6 Å². The Labute approximate surface area is 150 Å². The molecule has 1 aliphatic rings. The number of aliphatic hydroxyl groups excluding tert-OH is 3. The number of Topliss-reactive ketones (excluding diaryl/α,β-unsaturated/α-hetero) is 1. The number of thioether (sulfide) groups is 1. The molecule has 1 aliphatic heterocycles. The first kappa shape index (κ1) is 22.5. The topological polar surface area (TPSA) is 99.0 Å². The van der Waals surface area contributed by atoms with E-state index in [1.165, 1.54) is 18.2 Å². The van der Waals surface area contributed by atoms with E-state index in [9.17, 15) is 15.0 Å². The zero-order valence-corrected chi connectivity index (χ0v) is 16.0. The molecule has 6 nitrogen and oxygen atoms in total. The van der Waals surface area contributed by atoms with Gasteiger partial charge >= 0.3 is 0 Å². The number of carbonyl (C=O) groups excluding carboxylic acids is 1. The summed E-state index contributed by atoms with van der Waals surface area (Å²) in [4.78, 5) is 11.9. The van der Waals surface area contributed by atoms with E-state index in [1.54, 1.807) is 7.05 Å². The first-order chi connectivity index (χ1) is 9.90. The summed E-state index contributed by atoms with van der Waals surface area (Å²) in [5.74, 6) is 0.736. The Morgan fingerprint density at radius 2 is 2.05 bits per heavy atom. The summed E-state index contributed by atoms with van der Waals surface area (Å²) < 4.78 is 5.48. The summed E-state index contributed by atoms with van der Waals surface area (Å²) in [6.45, 7) is 3.50. The van der Waals surface area contributed by atoms with Gasteiger partial charge in [-0.25, -0.2) is 0 Å². The third kappa shape index (κ3) is 6.55. The Morgan fingerprint density at radius 1 is 1.41 bits per heavy atom. The van der Waals surface area contributed by atoms with Crippen LogP contribution < -0.4 is 5.32 Å². The molecule has 0 radical (unpaired) electrons. The largest absolute Gasteiger partial charge is 0.422 e. The van der Waals surface area contributed by atoms with Crippen molar-refractivity contribution in [1.82, 2.24) is 5.32 Å². The average molecular weight is 416 g/mol. The number of hydrogen-bond donors (Lipinski definition) is 4. The number of aliphatic hydroxyl groups is 3. The van der Waals surface area contributed by atoms with E-state index in [1.807, 2.05) is 13.8 Å². The van der Waals surface area contributed by atoms with Crippen LogP contribution in [0.15, 0.2) is 0 Å². The van der Waals surface area contributed by atoms with Gasteiger partial charge < -0.3 is 25.4 Å². The first-order valence-electron chi connectivity index (χ1n) is 7.20. The number of hydrogen-bond acceptors (Lipinski definition) is 7. The number of carbonyl (C=O) groups is 1. The molecule has 0 amide bonds. The van der Waals surface area contributed by atoms with Crippen LogP contribution in [0, 0.1) is 12.3 Å². The first-order valence-corrected chi connectivity index (χ1v) is 8.25. The van der Waals surface area contributed by atoms with Gasteiger partial charge in [-0.05, 0) is 31.4 Å². The maximum atomic E-state index is 11.9. The average Bonchev–Trinajstić information content (AvgIpc) is 2.46. The number of ketones is 1. The summed E-state index contributed by atoms with van der Waals surface area (Å²) in [5.41, 5.74) is -0.603. The minimum absolute atomic E-state index is 0. The normalized spacial score (nSPS) is 30.0. The Kier molecular flexibility index (Phi) is 11.4. The second kappa shape index (κ2) is 11.1. The number of rotatable bonds is 8. The zero-order valence-electron chi connectivity index (χ0n) is 13.1. The molecular weight excluding hydrogens is 390 g/mol. The molecular formula is C14H26MoNO5S-. The third-order valence-corrected chi connectivity index (χ3v) is 4.67. The van der Waals surface area contributed by atoms with Gasteiger partial charge in [0, 0.05) is 33.6 Å². The molecule has 0 spiro atoms. The zero-order chi connectivity index (χ0) is 16.0. The summed E-state index contributed by atoms with van der Waals surface area (Å²) in [6, 6.07) is -0.219. The van der Waals surface area contributed by atoms with Gasteiger partial charge in [-0.1, -0.05) is 13.8 Å². The SMILES string of the molecule is CN[C@H](CCSC1OC(CO)[CH-]C(O)C1O)C(=O)C(C)C.[Mo]. The van der Waals surface area contributed by atoms with E-state index in [4.69, 9.17) is 9.84 Å². The minimum atomic E-state index is -1.02. The van der Waals surface area contributed by atoms with Crippen LogP contribution in [0.4, 0.5) is 0 Å². The van der Waals surface area contributed by atoms with Crippen LogP contribution in [0.1, 0.15) is 20.3 Å². The summed E-state index contributed by atoms with van der Waals surface area (Å²) >= 11 is 1.35. The van der Waals surface area contributed by atoms with Crippen molar-refractivity contribution in [3.8, 4) is 0 Å². The minimum Gasteiger partial charge on any atom is -0.422 e. The molecule has 0 aliphatic carbocycles. The fourth-order valence-corrected chi connectivity index (χ4v) is 3.35. The van der Waals surface area contributed by atoms with Gasteiger partial charge in [0.25, 0.3) is 0 Å². The second-order valence-electron chi connectivity index (χ2n) is 5.46. The molecule has 4 N–H and O–H groups in total. The van der Waals surface area contributed by atoms with Gasteiger partial charge in [0.05, 0.1) is 12.1 Å². The van der Waals surface area contributed by atoms with Crippen LogP contribution in [-0.4, -0.2) is 70.3 Å². The summed E-state index contributed by atoms with van der Waals surface area (Å²) in [7, 11) is 1.75. The van der Waals surface area contributed by atoms with Gasteiger partial charge in [-0.2, -0.15) is 0 Å². The van der Waals surface area contributed by atoms with Gasteiger partial charge in [0.2, 0.25) is 0 Å². The summed E-state index contributed by atoms with van der Waals surface area (Å²) in [6.07, 6.45) is -0.592. The van der Waals surface area contributed by atoms with Crippen LogP contribution >= 0.6 is 11.8 Å². The molecule has 130 valence electrons. The Balaban J connectivity index is 0.00000441. The Hall–Kier alpha value is 0.508. The molecule has 1 rings (SSSR count). The van der Waals surface area contributed by atoms with Crippen molar-refractivity contribution in [1.29, 1.82) is 0 Å². The molecule has 0 aromatic heterocycles. The van der Waals surface area contributed by atoms with Crippen molar-refractivity contribution in [3.63, 3.8) is 0 Å². The van der Waals surface area contributed by atoms with E-state index in [2.05, 4.69) is 5.32 Å². The van der Waals surface area contributed by atoms with E-state index in [0.717, 1.165) is 0 Å². The van der Waals surface area contributed by atoms with Crippen LogP contribution in [0.2, 0.25) is 0 Å². The van der Waals surface area contributed by atoms with Crippen LogP contribution in [0.5, 0.6) is 0 Å². The van der Waals surface area contributed by atoms with Crippen molar-refractivity contribution < 1.29 is 45.9 Å². The van der Waals surface area contributed by atoms with Crippen molar-refractivity contribution >= 4 is 17.5 Å². The maximum Gasteiger partial charge on any atom is 0.152 e. The van der Waals surface area contributed by atoms with Gasteiger partial charge in [-0.15, -0.1) is 11.8 Å². The van der Waals surface area contributed by atoms with Crippen LogP contribution in [0.25, 0.3) is 0 Å². The fraction of sp³-hybridized carbons (Fsp3) is 0.857. The Bertz CT molecular complexity index is 334. The quantitative estimate of drug-likeness (QED) is 0.315. The fourth-order valence-electron chi connectivity index (χ4n) is 2.17. The predicted molar refractivity (Wildman–Crippen MR) is 81.8 cm³/mol. The molecule has 4 unspecified atom stereocenters. The molecule has 1 saturated heterocycles. The molecule has 0 aromatic carbocycles. The van der Waals surface area contributed by atoms with E-state index in [0.29, 0.717) is 12.2 Å². The predicted octanol–water partition coefficient (Wildman–Crippen LogP) is -0.436. The molecule has 0 aromatic rings. The Morgan fingerprint density at radius 3 is 2.55 bits per heavy atom. The van der Waals surface area contributed by atoms with Gasteiger partial charge in [-0.3, -0.25) is 11.2 Å². The van der Waals surface area contributed by atoms with Crippen molar-refractivity contribution in [2.24, 2.45) is 5.92 Å². The van der Waals surface area contributed by atoms with E-state index >= 15 is 0 Å². The molecule has 22 heavy (non-hydrogen) atoms. The van der Waals surface area contributed by atoms with Crippen molar-refractivity contribution in [3.05, 3.63) is 6.42 Å². The van der Waals surface area contributed by atoms with Gasteiger partial charge in [0.15, 0.2) is 5.78 Å². The van der Waals surface area contributed by atoms with Crippen molar-refractivity contribution in [2.45, 2.75) is 50.1 Å². The maximum absolute atomic E-state index is 11.9. The number of ether oxygens (including phenoxy) is 1. The molecule has 1 fully saturated rings. The number of nitrogens with one attached hydrogen (secondary N) is 1. The van der Waals surface area contributed by atoms with E-state index in [-0.39, 0.29) is 45.4 Å². The standard InChI is InChI=1S/C14H26NO5S.Mo/c1-8(2)12(18)10(15-3)4-5-21-14-13(19)11(17)6-9(7-16)20-14;/h6,8-11,13-17,19H,4-5,7H2,1-3H3;/q-1;/t9?,10-,11?,13?,14?;/m1./s1. The molecule has 1 heterocycles. The number of likely N-dealkylation sites (N-methyl/N-ethyl adjacent to an activating group) is 1. The molecule has 0 saturated carbocycles.